The summed E-state index contributed by atoms with van der Waals surface area (Å²) in [6.07, 6.45) is 0. The fourth-order valence-corrected chi connectivity index (χ4v) is 2.22. The molecule has 1 aromatic carbocycles. The topological polar surface area (TPSA) is 154 Å². The van der Waals surface area contributed by atoms with Gasteiger partial charge in [0.05, 0.1) is 24.7 Å². The molecule has 2 aromatic rings. The molecule has 1 amide bonds. The highest BCUT2D eigenvalue weighted by Crippen LogP contribution is 2.32. The minimum atomic E-state index is -1.26. The Kier molecular flexibility index (Phi) is 4.96. The van der Waals surface area contributed by atoms with Crippen LogP contribution < -0.4 is 14.8 Å². The average Bonchev–Trinajstić information content (AvgIpc) is 2.57. The van der Waals surface area contributed by atoms with E-state index in [2.05, 4.69) is 15.3 Å². The first-order chi connectivity index (χ1) is 11.8. The molecule has 2 N–H and O–H groups in total. The monoisotopic (exact) mass is 350 g/mol. The molecule has 0 fully saturated rings. The van der Waals surface area contributed by atoms with Gasteiger partial charge in [0.25, 0.3) is 23.4 Å². The van der Waals surface area contributed by atoms with Gasteiger partial charge in [-0.3, -0.25) is 19.7 Å². The Bertz CT molecular complexity index is 881. The zero-order valence-electron chi connectivity index (χ0n) is 13.5. The molecule has 25 heavy (non-hydrogen) atoms. The number of hydrogen-bond donors (Lipinski definition) is 2. The van der Waals surface area contributed by atoms with Crippen molar-refractivity contribution in [3.05, 3.63) is 27.3 Å². The van der Waals surface area contributed by atoms with Crippen molar-refractivity contribution in [3.8, 4) is 11.8 Å². The van der Waals surface area contributed by atoms with Crippen molar-refractivity contribution in [1.29, 1.82) is 0 Å². The van der Waals surface area contributed by atoms with Crippen LogP contribution in [0.15, 0.2) is 6.07 Å². The third kappa shape index (κ3) is 3.39. The highest BCUT2D eigenvalue weighted by atomic mass is 16.6. The van der Waals surface area contributed by atoms with Crippen LogP contribution in [-0.2, 0) is 4.79 Å². The van der Waals surface area contributed by atoms with Gasteiger partial charge in [-0.2, -0.15) is 0 Å². The molecule has 0 spiro atoms. The van der Waals surface area contributed by atoms with Crippen LogP contribution in [0, 0.1) is 17.0 Å². The first kappa shape index (κ1) is 17.8. The number of carbonyl (C=O) groups excluding carboxylic acids is 1. The van der Waals surface area contributed by atoms with E-state index >= 15 is 0 Å². The normalized spacial score (nSPS) is 10.4. The summed E-state index contributed by atoms with van der Waals surface area (Å²) < 4.78 is 10.0. The van der Waals surface area contributed by atoms with Gasteiger partial charge in [-0.05, 0) is 6.92 Å². The van der Waals surface area contributed by atoms with Gasteiger partial charge in [0.1, 0.15) is 17.6 Å². The molecule has 0 radical (unpaired) electrons. The van der Waals surface area contributed by atoms with E-state index in [-0.39, 0.29) is 39.6 Å². The van der Waals surface area contributed by atoms with Crippen LogP contribution in [0.4, 0.5) is 5.69 Å². The van der Waals surface area contributed by atoms with E-state index in [1.54, 1.807) is 0 Å². The number of hydrogen-bond acceptors (Lipinski definition) is 8. The van der Waals surface area contributed by atoms with Crippen LogP contribution in [0.2, 0.25) is 0 Å². The molecule has 2 rings (SSSR count). The molecule has 1 heterocycles. The number of aliphatic carboxylic acids is 1. The number of benzene rings is 1. The van der Waals surface area contributed by atoms with Crippen molar-refractivity contribution < 1.29 is 29.1 Å². The summed E-state index contributed by atoms with van der Waals surface area (Å²) >= 11 is 0. The van der Waals surface area contributed by atoms with E-state index in [0.29, 0.717) is 0 Å². The number of methoxy groups -OCH3 is 2. The van der Waals surface area contributed by atoms with Crippen LogP contribution in [0.25, 0.3) is 11.0 Å². The third-order valence-corrected chi connectivity index (χ3v) is 3.34. The summed E-state index contributed by atoms with van der Waals surface area (Å²) in [4.78, 5) is 41.8. The number of nitro benzene ring substituents is 1. The number of nitrogens with zero attached hydrogens (tertiary/aromatic N) is 3. The summed E-state index contributed by atoms with van der Waals surface area (Å²) in [5.74, 6) is -2.11. The van der Waals surface area contributed by atoms with Crippen molar-refractivity contribution in [2.75, 3.05) is 20.8 Å². The van der Waals surface area contributed by atoms with Gasteiger partial charge in [-0.25, -0.2) is 9.97 Å². The zero-order valence-corrected chi connectivity index (χ0v) is 13.5. The lowest BCUT2D eigenvalue weighted by Gasteiger charge is -2.12. The summed E-state index contributed by atoms with van der Waals surface area (Å²) in [6.45, 7) is 0.717. The van der Waals surface area contributed by atoms with Crippen molar-refractivity contribution in [1.82, 2.24) is 15.3 Å². The quantitative estimate of drug-likeness (QED) is 0.565. The molecule has 11 heteroatoms. The van der Waals surface area contributed by atoms with Crippen LogP contribution in [0.1, 0.15) is 15.9 Å². The number of carboxylic acids is 1. The number of nitrogens with one attached hydrogen (secondary N) is 1. The van der Waals surface area contributed by atoms with Crippen molar-refractivity contribution in [3.63, 3.8) is 0 Å². The lowest BCUT2D eigenvalue weighted by molar-refractivity contribution is -0.385. The Morgan fingerprint density at radius 1 is 1.28 bits per heavy atom. The minimum Gasteiger partial charge on any atom is -0.480 e. The maximum atomic E-state index is 12.4. The summed E-state index contributed by atoms with van der Waals surface area (Å²) in [7, 11) is 2.64. The zero-order chi connectivity index (χ0) is 18.7. The molecule has 11 nitrogen and oxygen atoms in total. The standard InChI is InChI=1S/C14H14N4O7/c1-6-8(18(22)23)4-7-11(10(6)12(21)15-5-9(19)20)17-14(25-3)13(16-7)24-2/h4H,5H2,1-3H3,(H,15,21)(H,19,20). The first-order valence-corrected chi connectivity index (χ1v) is 6.87. The van der Waals surface area contributed by atoms with E-state index in [0.717, 1.165) is 6.07 Å². The van der Waals surface area contributed by atoms with Crippen molar-refractivity contribution >= 4 is 28.6 Å². The van der Waals surface area contributed by atoms with Crippen LogP contribution in [-0.4, -0.2) is 52.6 Å². The Balaban J connectivity index is 2.78. The molecule has 0 aliphatic rings. The number of amides is 1. The van der Waals surface area contributed by atoms with Crippen molar-refractivity contribution in [2.24, 2.45) is 0 Å². The molecule has 0 bridgehead atoms. The maximum absolute atomic E-state index is 12.4. The van der Waals surface area contributed by atoms with Gasteiger partial charge in [0.2, 0.25) is 0 Å². The maximum Gasteiger partial charge on any atom is 0.322 e. The van der Waals surface area contributed by atoms with Crippen LogP contribution in [0.5, 0.6) is 11.8 Å². The van der Waals surface area contributed by atoms with E-state index in [1.165, 1.54) is 21.1 Å². The predicted molar refractivity (Wildman–Crippen MR) is 84.0 cm³/mol. The second-order valence-corrected chi connectivity index (χ2v) is 4.84. The predicted octanol–water partition coefficient (Wildman–Crippen LogP) is 0.678. The molecule has 0 aliphatic heterocycles. The number of aromatic nitrogens is 2. The van der Waals surface area contributed by atoms with Crippen LogP contribution in [0.3, 0.4) is 0 Å². The fourth-order valence-electron chi connectivity index (χ4n) is 2.22. The lowest BCUT2D eigenvalue weighted by Crippen LogP contribution is -2.30. The number of carbonyl (C=O) groups is 2. The average molecular weight is 350 g/mol. The highest BCUT2D eigenvalue weighted by molar-refractivity contribution is 6.08. The number of nitro groups is 1. The van der Waals surface area contributed by atoms with Gasteiger partial charge in [0, 0.05) is 11.6 Å². The number of ether oxygens (including phenoxy) is 2. The molecule has 132 valence electrons. The number of fused-ring (bicyclic) bond motifs is 1. The van der Waals surface area contributed by atoms with E-state index in [9.17, 15) is 19.7 Å². The Morgan fingerprint density at radius 2 is 1.88 bits per heavy atom. The lowest BCUT2D eigenvalue weighted by atomic mass is 10.0. The summed E-state index contributed by atoms with van der Waals surface area (Å²) in [6, 6.07) is 1.16. The van der Waals surface area contributed by atoms with Gasteiger partial charge < -0.3 is 19.9 Å². The first-order valence-electron chi connectivity index (χ1n) is 6.87. The smallest absolute Gasteiger partial charge is 0.322 e. The third-order valence-electron chi connectivity index (χ3n) is 3.34. The van der Waals surface area contributed by atoms with Crippen molar-refractivity contribution in [2.45, 2.75) is 6.92 Å². The van der Waals surface area contributed by atoms with E-state index in [4.69, 9.17) is 14.6 Å². The second-order valence-electron chi connectivity index (χ2n) is 4.84. The molecule has 0 aliphatic carbocycles. The highest BCUT2D eigenvalue weighted by Gasteiger charge is 2.26. The SMILES string of the molecule is COc1nc2cc([N+](=O)[O-])c(C)c(C(=O)NCC(=O)O)c2nc1OC. The Morgan fingerprint density at radius 3 is 2.40 bits per heavy atom. The molecular formula is C14H14N4O7. The van der Waals surface area contributed by atoms with Gasteiger partial charge >= 0.3 is 5.97 Å². The summed E-state index contributed by atoms with van der Waals surface area (Å²) in [5.41, 5.74) is -0.408. The largest absolute Gasteiger partial charge is 0.480 e. The molecular weight excluding hydrogens is 336 g/mol. The van der Waals surface area contributed by atoms with Gasteiger partial charge in [-0.1, -0.05) is 0 Å². The number of rotatable bonds is 6. The van der Waals surface area contributed by atoms with E-state index < -0.39 is 23.3 Å². The molecule has 0 saturated heterocycles. The Hall–Kier alpha value is -3.50. The summed E-state index contributed by atoms with van der Waals surface area (Å²) in [5, 5.41) is 22.1. The fraction of sp³-hybridized carbons (Fsp3) is 0.286. The molecule has 1 aromatic heterocycles. The molecule has 0 atom stereocenters. The van der Waals surface area contributed by atoms with Gasteiger partial charge in [0.15, 0.2) is 0 Å². The minimum absolute atomic E-state index is 0.00922. The van der Waals surface area contributed by atoms with Crippen LogP contribution >= 0.6 is 0 Å². The van der Waals surface area contributed by atoms with E-state index in [1.807, 2.05) is 0 Å². The Labute approximate surface area is 140 Å². The number of carboxylic acid groups (broad SMARTS) is 1. The molecule has 0 unspecified atom stereocenters. The molecule has 0 saturated carbocycles. The second kappa shape index (κ2) is 6.95. The van der Waals surface area contributed by atoms with Gasteiger partial charge in [-0.15, -0.1) is 0 Å².